The van der Waals surface area contributed by atoms with E-state index in [1.165, 1.54) is 25.3 Å². The van der Waals surface area contributed by atoms with Gasteiger partial charge in [0.15, 0.2) is 11.6 Å². The maximum atomic E-state index is 13.7. The number of alkyl halides is 1. The van der Waals surface area contributed by atoms with Crippen LogP contribution in [-0.4, -0.2) is 7.11 Å². The van der Waals surface area contributed by atoms with Gasteiger partial charge in [-0.3, -0.25) is 0 Å². The van der Waals surface area contributed by atoms with E-state index in [0.717, 1.165) is 11.1 Å². The number of benzene rings is 2. The van der Waals surface area contributed by atoms with E-state index in [4.69, 9.17) is 4.74 Å². The van der Waals surface area contributed by atoms with Crippen molar-refractivity contribution in [2.24, 2.45) is 0 Å². The van der Waals surface area contributed by atoms with Gasteiger partial charge in [0.25, 0.3) is 0 Å². The maximum Gasteiger partial charge on any atom is 0.165 e. The fourth-order valence-corrected chi connectivity index (χ4v) is 2.49. The van der Waals surface area contributed by atoms with Gasteiger partial charge in [0.05, 0.1) is 11.9 Å². The summed E-state index contributed by atoms with van der Waals surface area (Å²) in [5, 5.41) is 0. The van der Waals surface area contributed by atoms with Crippen LogP contribution in [-0.2, 0) is 0 Å². The predicted octanol–water partition coefficient (Wildman–Crippen LogP) is 4.77. The van der Waals surface area contributed by atoms with Gasteiger partial charge in [0.1, 0.15) is 5.82 Å². The molecule has 0 N–H and O–H groups in total. The van der Waals surface area contributed by atoms with Crippen LogP contribution in [0.4, 0.5) is 8.78 Å². The summed E-state index contributed by atoms with van der Waals surface area (Å²) in [6.45, 7) is 1.82. The molecule has 0 fully saturated rings. The van der Waals surface area contributed by atoms with Crippen LogP contribution < -0.4 is 4.74 Å². The van der Waals surface area contributed by atoms with Crippen molar-refractivity contribution in [3.05, 3.63) is 64.7 Å². The predicted molar refractivity (Wildman–Crippen MR) is 74.9 cm³/mol. The molecule has 2 aromatic carbocycles. The van der Waals surface area contributed by atoms with Crippen LogP contribution in [0.1, 0.15) is 21.5 Å². The van der Waals surface area contributed by atoms with Crippen molar-refractivity contribution >= 4 is 15.9 Å². The third-order valence-electron chi connectivity index (χ3n) is 2.83. The van der Waals surface area contributed by atoms with Crippen LogP contribution in [0.3, 0.4) is 0 Å². The average Bonchev–Trinajstić information content (AvgIpc) is 2.36. The molecule has 2 aromatic rings. The van der Waals surface area contributed by atoms with Crippen molar-refractivity contribution in [2.75, 3.05) is 7.11 Å². The Bertz CT molecular complexity index is 578. The first-order valence-electron chi connectivity index (χ1n) is 5.76. The first-order chi connectivity index (χ1) is 9.01. The fourth-order valence-electron chi connectivity index (χ4n) is 1.94. The molecule has 0 radical (unpaired) electrons. The minimum Gasteiger partial charge on any atom is -0.494 e. The Hall–Kier alpha value is -1.42. The molecule has 0 spiro atoms. The minimum atomic E-state index is -0.433. The lowest BCUT2D eigenvalue weighted by molar-refractivity contribution is 0.386. The summed E-state index contributed by atoms with van der Waals surface area (Å²) < 4.78 is 31.9. The summed E-state index contributed by atoms with van der Waals surface area (Å²) in [6, 6.07) is 9.46. The standard InChI is InChI=1S/C15H13BrF2O/c1-9-5-11(7-12(17)6-9)15(16)10-3-4-14(19-2)13(18)8-10/h3-8,15H,1-2H3. The highest BCUT2D eigenvalue weighted by Crippen LogP contribution is 2.33. The lowest BCUT2D eigenvalue weighted by atomic mass is 10.0. The Kier molecular flexibility index (Phi) is 4.20. The molecule has 19 heavy (non-hydrogen) atoms. The molecule has 0 bridgehead atoms. The molecule has 1 unspecified atom stereocenters. The van der Waals surface area contributed by atoms with E-state index in [1.807, 2.05) is 13.0 Å². The Morgan fingerprint density at radius 1 is 1.05 bits per heavy atom. The lowest BCUT2D eigenvalue weighted by Gasteiger charge is -2.13. The van der Waals surface area contributed by atoms with E-state index in [1.54, 1.807) is 12.1 Å². The van der Waals surface area contributed by atoms with Gasteiger partial charge in [-0.15, -0.1) is 0 Å². The number of hydrogen-bond donors (Lipinski definition) is 0. The van der Waals surface area contributed by atoms with Gasteiger partial charge < -0.3 is 4.74 Å². The van der Waals surface area contributed by atoms with Crippen LogP contribution in [0, 0.1) is 18.6 Å². The molecular weight excluding hydrogens is 314 g/mol. The zero-order chi connectivity index (χ0) is 14.0. The summed E-state index contributed by atoms with van der Waals surface area (Å²) in [5.41, 5.74) is 2.29. The van der Waals surface area contributed by atoms with Crippen molar-refractivity contribution in [3.63, 3.8) is 0 Å². The van der Waals surface area contributed by atoms with Gasteiger partial charge in [-0.1, -0.05) is 28.1 Å². The van der Waals surface area contributed by atoms with Crippen molar-refractivity contribution < 1.29 is 13.5 Å². The van der Waals surface area contributed by atoms with Gasteiger partial charge >= 0.3 is 0 Å². The molecule has 0 aliphatic rings. The van der Waals surface area contributed by atoms with E-state index in [0.29, 0.717) is 5.56 Å². The number of methoxy groups -OCH3 is 1. The SMILES string of the molecule is COc1ccc(C(Br)c2cc(C)cc(F)c2)cc1F. The monoisotopic (exact) mass is 326 g/mol. The summed E-state index contributed by atoms with van der Waals surface area (Å²) in [7, 11) is 1.42. The van der Waals surface area contributed by atoms with Crippen molar-refractivity contribution in [1.82, 2.24) is 0 Å². The molecule has 1 nitrogen and oxygen atoms in total. The first kappa shape index (κ1) is 14.0. The topological polar surface area (TPSA) is 9.23 Å². The second-order valence-electron chi connectivity index (χ2n) is 4.32. The van der Waals surface area contributed by atoms with Crippen LogP contribution in [0.15, 0.2) is 36.4 Å². The molecule has 0 amide bonds. The van der Waals surface area contributed by atoms with E-state index < -0.39 is 5.82 Å². The summed E-state index contributed by atoms with van der Waals surface area (Å²) >= 11 is 3.47. The largest absolute Gasteiger partial charge is 0.494 e. The molecule has 1 atom stereocenters. The Morgan fingerprint density at radius 2 is 1.79 bits per heavy atom. The van der Waals surface area contributed by atoms with Gasteiger partial charge in [-0.2, -0.15) is 0 Å². The lowest BCUT2D eigenvalue weighted by Crippen LogP contribution is -1.97. The molecule has 0 heterocycles. The van der Waals surface area contributed by atoms with Gasteiger partial charge in [0.2, 0.25) is 0 Å². The van der Waals surface area contributed by atoms with Crippen LogP contribution in [0.5, 0.6) is 5.75 Å². The van der Waals surface area contributed by atoms with Gasteiger partial charge in [-0.05, 0) is 47.9 Å². The van der Waals surface area contributed by atoms with Crippen LogP contribution in [0.25, 0.3) is 0 Å². The summed E-state index contributed by atoms with van der Waals surface area (Å²) in [5.74, 6) is -0.537. The molecule has 4 heteroatoms. The molecule has 100 valence electrons. The molecule has 0 aromatic heterocycles. The molecule has 2 rings (SSSR count). The van der Waals surface area contributed by atoms with Crippen molar-refractivity contribution in [3.8, 4) is 5.75 Å². The third kappa shape index (κ3) is 3.13. The first-order valence-corrected chi connectivity index (χ1v) is 6.67. The summed E-state index contributed by atoms with van der Waals surface area (Å²) in [6.07, 6.45) is 0. The zero-order valence-corrected chi connectivity index (χ0v) is 12.2. The van der Waals surface area contributed by atoms with E-state index in [2.05, 4.69) is 15.9 Å². The number of aryl methyl sites for hydroxylation is 1. The van der Waals surface area contributed by atoms with E-state index in [9.17, 15) is 8.78 Å². The highest BCUT2D eigenvalue weighted by atomic mass is 79.9. The highest BCUT2D eigenvalue weighted by molar-refractivity contribution is 9.09. The van der Waals surface area contributed by atoms with Gasteiger partial charge in [0, 0.05) is 0 Å². The minimum absolute atomic E-state index is 0.193. The van der Waals surface area contributed by atoms with Crippen LogP contribution in [0.2, 0.25) is 0 Å². The second-order valence-corrected chi connectivity index (χ2v) is 5.23. The number of halogens is 3. The number of ether oxygens (including phenoxy) is 1. The fraction of sp³-hybridized carbons (Fsp3) is 0.200. The summed E-state index contributed by atoms with van der Waals surface area (Å²) in [4.78, 5) is -0.262. The Labute approximate surface area is 119 Å². The molecule has 0 aliphatic heterocycles. The quantitative estimate of drug-likeness (QED) is 0.738. The molecule has 0 saturated carbocycles. The maximum absolute atomic E-state index is 13.7. The van der Waals surface area contributed by atoms with Gasteiger partial charge in [-0.25, -0.2) is 8.78 Å². The smallest absolute Gasteiger partial charge is 0.165 e. The molecule has 0 saturated heterocycles. The second kappa shape index (κ2) is 5.70. The normalized spacial score (nSPS) is 12.3. The van der Waals surface area contributed by atoms with E-state index >= 15 is 0 Å². The van der Waals surface area contributed by atoms with Crippen LogP contribution >= 0.6 is 15.9 Å². The molecule has 0 aliphatic carbocycles. The zero-order valence-electron chi connectivity index (χ0n) is 10.6. The van der Waals surface area contributed by atoms with E-state index in [-0.39, 0.29) is 16.4 Å². The Morgan fingerprint density at radius 3 is 2.37 bits per heavy atom. The van der Waals surface area contributed by atoms with Crippen molar-refractivity contribution in [2.45, 2.75) is 11.8 Å². The highest BCUT2D eigenvalue weighted by Gasteiger charge is 2.14. The number of rotatable bonds is 3. The number of hydrogen-bond acceptors (Lipinski definition) is 1. The Balaban J connectivity index is 2.38. The van der Waals surface area contributed by atoms with Crippen molar-refractivity contribution in [1.29, 1.82) is 0 Å². The molecular formula is C15H13BrF2O. The average molecular weight is 327 g/mol. The third-order valence-corrected chi connectivity index (χ3v) is 3.88.